The number of anilines is 2. The SMILES string of the molecule is CN1CCC(C(=O)Nc2ccc3nc(N4CCOCC4)sc3c2)CC1. The van der Waals surface area contributed by atoms with Crippen molar-refractivity contribution in [2.45, 2.75) is 12.8 Å². The van der Waals surface area contributed by atoms with E-state index < -0.39 is 0 Å². The Hall–Kier alpha value is -1.70. The van der Waals surface area contributed by atoms with E-state index in [4.69, 9.17) is 9.72 Å². The lowest BCUT2D eigenvalue weighted by Crippen LogP contribution is -2.36. The molecule has 7 heteroatoms. The van der Waals surface area contributed by atoms with Gasteiger partial charge in [-0.1, -0.05) is 11.3 Å². The van der Waals surface area contributed by atoms with E-state index in [0.717, 1.165) is 73.3 Å². The highest BCUT2D eigenvalue weighted by atomic mass is 32.1. The second-order valence-corrected chi connectivity index (χ2v) is 7.85. The van der Waals surface area contributed by atoms with Crippen LogP contribution in [0.4, 0.5) is 10.8 Å². The van der Waals surface area contributed by atoms with Gasteiger partial charge in [-0.15, -0.1) is 0 Å². The molecule has 25 heavy (non-hydrogen) atoms. The van der Waals surface area contributed by atoms with Crippen LogP contribution in [0, 0.1) is 5.92 Å². The topological polar surface area (TPSA) is 57.7 Å². The first-order chi connectivity index (χ1) is 12.2. The molecule has 0 bridgehead atoms. The van der Waals surface area contributed by atoms with Crippen molar-refractivity contribution in [2.75, 3.05) is 56.7 Å². The third-order valence-electron chi connectivity index (χ3n) is 5.02. The molecule has 2 fully saturated rings. The first-order valence-electron chi connectivity index (χ1n) is 8.92. The van der Waals surface area contributed by atoms with Gasteiger partial charge in [-0.05, 0) is 51.2 Å². The second kappa shape index (κ2) is 7.27. The van der Waals surface area contributed by atoms with Crippen molar-refractivity contribution in [3.63, 3.8) is 0 Å². The summed E-state index contributed by atoms with van der Waals surface area (Å²) in [5.41, 5.74) is 1.86. The van der Waals surface area contributed by atoms with E-state index >= 15 is 0 Å². The van der Waals surface area contributed by atoms with Gasteiger partial charge in [0.2, 0.25) is 5.91 Å². The number of likely N-dealkylation sites (tertiary alicyclic amines) is 1. The minimum Gasteiger partial charge on any atom is -0.378 e. The third-order valence-corrected chi connectivity index (χ3v) is 6.09. The molecule has 1 aromatic heterocycles. The van der Waals surface area contributed by atoms with Crippen LogP contribution < -0.4 is 10.2 Å². The molecular formula is C18H24N4O2S. The summed E-state index contributed by atoms with van der Waals surface area (Å²) in [6.07, 6.45) is 1.87. The van der Waals surface area contributed by atoms with E-state index in [-0.39, 0.29) is 11.8 Å². The molecule has 1 N–H and O–H groups in total. The highest BCUT2D eigenvalue weighted by Crippen LogP contribution is 2.31. The molecule has 4 rings (SSSR count). The average Bonchev–Trinajstić information content (AvgIpc) is 3.06. The normalized spacial score (nSPS) is 20.1. The van der Waals surface area contributed by atoms with Crippen molar-refractivity contribution in [2.24, 2.45) is 5.92 Å². The van der Waals surface area contributed by atoms with E-state index in [1.165, 1.54) is 0 Å². The number of aromatic nitrogens is 1. The number of carbonyl (C=O) groups excluding carboxylic acids is 1. The lowest BCUT2D eigenvalue weighted by atomic mass is 9.96. The molecule has 1 amide bonds. The second-order valence-electron chi connectivity index (χ2n) is 6.85. The lowest BCUT2D eigenvalue weighted by molar-refractivity contribution is -0.121. The summed E-state index contributed by atoms with van der Waals surface area (Å²) < 4.78 is 6.52. The van der Waals surface area contributed by atoms with Crippen molar-refractivity contribution in [1.82, 2.24) is 9.88 Å². The molecule has 0 unspecified atom stereocenters. The van der Waals surface area contributed by atoms with E-state index in [1.54, 1.807) is 11.3 Å². The van der Waals surface area contributed by atoms with Crippen molar-refractivity contribution >= 4 is 38.3 Å². The maximum atomic E-state index is 12.5. The van der Waals surface area contributed by atoms with Gasteiger partial charge in [-0.2, -0.15) is 0 Å². The number of amides is 1. The number of ether oxygens (including phenoxy) is 1. The highest BCUT2D eigenvalue weighted by Gasteiger charge is 2.23. The third kappa shape index (κ3) is 3.78. The van der Waals surface area contributed by atoms with E-state index in [2.05, 4.69) is 22.2 Å². The number of hydrogen-bond acceptors (Lipinski definition) is 6. The quantitative estimate of drug-likeness (QED) is 0.911. The van der Waals surface area contributed by atoms with Gasteiger partial charge < -0.3 is 19.9 Å². The molecule has 0 radical (unpaired) electrons. The van der Waals surface area contributed by atoms with Crippen molar-refractivity contribution in [3.8, 4) is 0 Å². The van der Waals surface area contributed by atoms with E-state index in [1.807, 2.05) is 18.2 Å². The van der Waals surface area contributed by atoms with Gasteiger partial charge in [-0.3, -0.25) is 4.79 Å². The lowest BCUT2D eigenvalue weighted by Gasteiger charge is -2.28. The molecule has 2 saturated heterocycles. The van der Waals surface area contributed by atoms with Crippen LogP contribution in [0.15, 0.2) is 18.2 Å². The summed E-state index contributed by atoms with van der Waals surface area (Å²) in [6, 6.07) is 6.00. The van der Waals surface area contributed by atoms with Crippen LogP contribution in [0.3, 0.4) is 0 Å². The Kier molecular flexibility index (Phi) is 4.87. The monoisotopic (exact) mass is 360 g/mol. The Bertz CT molecular complexity index is 749. The molecule has 134 valence electrons. The van der Waals surface area contributed by atoms with Gasteiger partial charge >= 0.3 is 0 Å². The Morgan fingerprint density at radius 1 is 1.24 bits per heavy atom. The Morgan fingerprint density at radius 3 is 2.76 bits per heavy atom. The number of piperidine rings is 1. The predicted molar refractivity (Wildman–Crippen MR) is 102 cm³/mol. The molecule has 1 aromatic carbocycles. The molecule has 2 aromatic rings. The Labute approximate surface area is 151 Å². The summed E-state index contributed by atoms with van der Waals surface area (Å²) in [6.45, 7) is 5.28. The number of benzene rings is 1. The summed E-state index contributed by atoms with van der Waals surface area (Å²) in [4.78, 5) is 21.8. The fraction of sp³-hybridized carbons (Fsp3) is 0.556. The molecular weight excluding hydrogens is 336 g/mol. The van der Waals surface area contributed by atoms with Crippen LogP contribution in [0.5, 0.6) is 0 Å². The molecule has 0 aliphatic carbocycles. The number of hydrogen-bond donors (Lipinski definition) is 1. The number of morpholine rings is 1. The number of rotatable bonds is 3. The maximum Gasteiger partial charge on any atom is 0.227 e. The zero-order valence-corrected chi connectivity index (χ0v) is 15.3. The van der Waals surface area contributed by atoms with Gasteiger partial charge in [0.1, 0.15) is 0 Å². The van der Waals surface area contributed by atoms with Crippen LogP contribution in [0.2, 0.25) is 0 Å². The van der Waals surface area contributed by atoms with Crippen LogP contribution >= 0.6 is 11.3 Å². The number of carbonyl (C=O) groups is 1. The van der Waals surface area contributed by atoms with Crippen LogP contribution in [-0.2, 0) is 9.53 Å². The summed E-state index contributed by atoms with van der Waals surface area (Å²) in [7, 11) is 2.11. The molecule has 2 aliphatic rings. The smallest absolute Gasteiger partial charge is 0.227 e. The Balaban J connectivity index is 1.46. The van der Waals surface area contributed by atoms with Crippen molar-refractivity contribution in [1.29, 1.82) is 0 Å². The first-order valence-corrected chi connectivity index (χ1v) is 9.73. The minimum atomic E-state index is 0.122. The maximum absolute atomic E-state index is 12.5. The molecule has 0 saturated carbocycles. The fourth-order valence-electron chi connectivity index (χ4n) is 3.40. The van der Waals surface area contributed by atoms with Crippen LogP contribution in [0.1, 0.15) is 12.8 Å². The summed E-state index contributed by atoms with van der Waals surface area (Å²) in [5, 5.41) is 4.13. The molecule has 2 aliphatic heterocycles. The standard InChI is InChI=1S/C18H24N4O2S/c1-21-6-4-13(5-7-21)17(23)19-14-2-3-15-16(12-14)25-18(20-15)22-8-10-24-11-9-22/h2-3,12-13H,4-11H2,1H3,(H,19,23). The van der Waals surface area contributed by atoms with Gasteiger partial charge in [0.15, 0.2) is 5.13 Å². The van der Waals surface area contributed by atoms with Gasteiger partial charge in [0.25, 0.3) is 0 Å². The molecule has 3 heterocycles. The number of nitrogens with one attached hydrogen (secondary N) is 1. The predicted octanol–water partition coefficient (Wildman–Crippen LogP) is 2.41. The number of fused-ring (bicyclic) bond motifs is 1. The number of nitrogens with zero attached hydrogens (tertiary/aromatic N) is 3. The average molecular weight is 360 g/mol. The summed E-state index contributed by atoms with van der Waals surface area (Å²) >= 11 is 1.68. The highest BCUT2D eigenvalue weighted by molar-refractivity contribution is 7.22. The van der Waals surface area contributed by atoms with Crippen LogP contribution in [-0.4, -0.2) is 62.2 Å². The first kappa shape index (κ1) is 16.8. The fourth-order valence-corrected chi connectivity index (χ4v) is 4.45. The summed E-state index contributed by atoms with van der Waals surface area (Å²) in [5.74, 6) is 0.266. The van der Waals surface area contributed by atoms with Crippen molar-refractivity contribution in [3.05, 3.63) is 18.2 Å². The van der Waals surface area contributed by atoms with Gasteiger partial charge in [-0.25, -0.2) is 4.98 Å². The largest absolute Gasteiger partial charge is 0.378 e. The molecule has 0 spiro atoms. The minimum absolute atomic E-state index is 0.122. The van der Waals surface area contributed by atoms with Crippen LogP contribution in [0.25, 0.3) is 10.2 Å². The van der Waals surface area contributed by atoms with Gasteiger partial charge in [0.05, 0.1) is 23.4 Å². The zero-order chi connectivity index (χ0) is 17.2. The Morgan fingerprint density at radius 2 is 2.00 bits per heavy atom. The van der Waals surface area contributed by atoms with E-state index in [9.17, 15) is 4.79 Å². The zero-order valence-electron chi connectivity index (χ0n) is 14.5. The van der Waals surface area contributed by atoms with Crippen molar-refractivity contribution < 1.29 is 9.53 Å². The van der Waals surface area contributed by atoms with E-state index in [0.29, 0.717) is 0 Å². The molecule has 0 atom stereocenters. The molecule has 6 nitrogen and oxygen atoms in total. The number of thiazole rings is 1. The van der Waals surface area contributed by atoms with Gasteiger partial charge in [0, 0.05) is 24.7 Å².